The summed E-state index contributed by atoms with van der Waals surface area (Å²) >= 11 is 0. The maximum Gasteiger partial charge on any atom is 0.0717 e. The molecule has 0 radical (unpaired) electrons. The van der Waals surface area contributed by atoms with E-state index in [1.54, 1.807) is 0 Å². The Morgan fingerprint density at radius 3 is 1.50 bits per heavy atom. The summed E-state index contributed by atoms with van der Waals surface area (Å²) in [5.41, 5.74) is 2.35. The van der Waals surface area contributed by atoms with E-state index in [9.17, 15) is 0 Å². The first-order valence-corrected chi connectivity index (χ1v) is 6.89. The van der Waals surface area contributed by atoms with Gasteiger partial charge in [-0.05, 0) is 25.0 Å². The lowest BCUT2D eigenvalue weighted by atomic mass is 10.1. The van der Waals surface area contributed by atoms with Gasteiger partial charge in [-0.15, -0.1) is 23.7 Å². The van der Waals surface area contributed by atoms with Gasteiger partial charge in [0.05, 0.1) is 26.4 Å². The zero-order chi connectivity index (χ0) is 14.5. The van der Waals surface area contributed by atoms with Crippen molar-refractivity contribution in [1.82, 2.24) is 0 Å². The Hall–Kier alpha value is -1.74. The van der Waals surface area contributed by atoms with E-state index < -0.39 is 0 Å². The molecule has 0 aliphatic rings. The van der Waals surface area contributed by atoms with Crippen molar-refractivity contribution in [2.24, 2.45) is 0 Å². The molecule has 0 spiro atoms. The Morgan fingerprint density at radius 1 is 0.750 bits per heavy atom. The summed E-state index contributed by atoms with van der Waals surface area (Å²) in [4.78, 5) is 0. The van der Waals surface area contributed by atoms with Crippen molar-refractivity contribution < 1.29 is 9.47 Å². The number of benzene rings is 1. The van der Waals surface area contributed by atoms with E-state index in [0.29, 0.717) is 26.4 Å². The normalized spacial score (nSPS) is 9.30. The van der Waals surface area contributed by atoms with Crippen molar-refractivity contribution in [2.75, 3.05) is 13.2 Å². The van der Waals surface area contributed by atoms with Crippen LogP contribution in [-0.2, 0) is 22.7 Å². The molecule has 0 unspecified atom stereocenters. The molecule has 0 N–H and O–H groups in total. The van der Waals surface area contributed by atoms with E-state index in [0.717, 1.165) is 12.8 Å². The van der Waals surface area contributed by atoms with E-state index in [1.807, 2.05) is 13.8 Å². The first-order chi connectivity index (χ1) is 9.86. The van der Waals surface area contributed by atoms with Crippen molar-refractivity contribution in [3.05, 3.63) is 35.4 Å². The van der Waals surface area contributed by atoms with Crippen molar-refractivity contribution in [3.63, 3.8) is 0 Å². The molecule has 0 bridgehead atoms. The van der Waals surface area contributed by atoms with Crippen LogP contribution in [0.1, 0.15) is 37.8 Å². The predicted molar refractivity (Wildman–Crippen MR) is 81.9 cm³/mol. The smallest absolute Gasteiger partial charge is 0.0717 e. The van der Waals surface area contributed by atoms with Crippen LogP contribution in [0.5, 0.6) is 0 Å². The van der Waals surface area contributed by atoms with Crippen LogP contribution in [0.25, 0.3) is 0 Å². The van der Waals surface area contributed by atoms with E-state index in [2.05, 4.69) is 47.9 Å². The third kappa shape index (κ3) is 7.64. The van der Waals surface area contributed by atoms with Crippen LogP contribution in [0.4, 0.5) is 0 Å². The molecule has 0 heterocycles. The summed E-state index contributed by atoms with van der Waals surface area (Å²) < 4.78 is 11.1. The van der Waals surface area contributed by atoms with Gasteiger partial charge in [-0.25, -0.2) is 0 Å². The van der Waals surface area contributed by atoms with Crippen LogP contribution in [-0.4, -0.2) is 13.2 Å². The predicted octanol–water partition coefficient (Wildman–Crippen LogP) is 3.55. The van der Waals surface area contributed by atoms with Crippen LogP contribution in [0.15, 0.2) is 24.3 Å². The lowest BCUT2D eigenvalue weighted by Gasteiger charge is -2.05. The Bertz CT molecular complexity index is 433. The first-order valence-electron chi connectivity index (χ1n) is 6.89. The molecule has 2 nitrogen and oxygen atoms in total. The fourth-order valence-electron chi connectivity index (χ4n) is 1.61. The Balaban J connectivity index is 2.21. The SMILES string of the molecule is CC#CCCOCc1ccc(COCCC#CC)cc1. The molecule has 0 fully saturated rings. The lowest BCUT2D eigenvalue weighted by Crippen LogP contribution is -1.97. The quantitative estimate of drug-likeness (QED) is 0.531. The lowest BCUT2D eigenvalue weighted by molar-refractivity contribution is 0.124. The zero-order valence-corrected chi connectivity index (χ0v) is 12.4. The highest BCUT2D eigenvalue weighted by Crippen LogP contribution is 2.07. The molecule has 106 valence electrons. The monoisotopic (exact) mass is 270 g/mol. The van der Waals surface area contributed by atoms with Gasteiger partial charge >= 0.3 is 0 Å². The topological polar surface area (TPSA) is 18.5 Å². The minimum Gasteiger partial charge on any atom is -0.376 e. The summed E-state index contributed by atoms with van der Waals surface area (Å²) in [6.45, 7) is 6.33. The van der Waals surface area contributed by atoms with Crippen LogP contribution in [0.2, 0.25) is 0 Å². The highest BCUT2D eigenvalue weighted by atomic mass is 16.5. The maximum absolute atomic E-state index is 5.54. The van der Waals surface area contributed by atoms with E-state index in [1.165, 1.54) is 11.1 Å². The van der Waals surface area contributed by atoms with Crippen LogP contribution in [0.3, 0.4) is 0 Å². The number of ether oxygens (including phenoxy) is 2. The minimum absolute atomic E-state index is 0.638. The standard InChI is InChI=1S/C18H22O2/c1-3-5-7-13-19-15-17-9-11-18(12-10-17)16-20-14-8-6-4-2/h9-12H,7-8,13-16H2,1-2H3. The number of hydrogen-bond donors (Lipinski definition) is 0. The second-order valence-electron chi connectivity index (χ2n) is 4.28. The molecule has 0 aromatic heterocycles. The van der Waals surface area contributed by atoms with Crippen molar-refractivity contribution in [3.8, 4) is 23.7 Å². The second-order valence-corrected chi connectivity index (χ2v) is 4.28. The minimum atomic E-state index is 0.638. The molecule has 1 aromatic carbocycles. The molecule has 0 saturated heterocycles. The molecule has 1 rings (SSSR count). The number of hydrogen-bond acceptors (Lipinski definition) is 2. The fraction of sp³-hybridized carbons (Fsp3) is 0.444. The largest absolute Gasteiger partial charge is 0.376 e. The molecule has 0 atom stereocenters. The molecule has 1 aromatic rings. The van der Waals surface area contributed by atoms with Crippen molar-refractivity contribution in [1.29, 1.82) is 0 Å². The van der Waals surface area contributed by atoms with Gasteiger partial charge < -0.3 is 9.47 Å². The van der Waals surface area contributed by atoms with Crippen LogP contribution >= 0.6 is 0 Å². The zero-order valence-electron chi connectivity index (χ0n) is 12.4. The van der Waals surface area contributed by atoms with Gasteiger partial charge in [0.25, 0.3) is 0 Å². The third-order valence-corrected chi connectivity index (χ3v) is 2.66. The highest BCUT2D eigenvalue weighted by molar-refractivity contribution is 5.21. The number of rotatable bonds is 8. The second kappa shape index (κ2) is 11.1. The molecule has 2 heteroatoms. The van der Waals surface area contributed by atoms with Gasteiger partial charge in [0.2, 0.25) is 0 Å². The van der Waals surface area contributed by atoms with Crippen molar-refractivity contribution >= 4 is 0 Å². The van der Waals surface area contributed by atoms with Gasteiger partial charge in [-0.1, -0.05) is 24.3 Å². The average Bonchev–Trinajstić information content (AvgIpc) is 2.48. The Kier molecular flexibility index (Phi) is 9.07. The van der Waals surface area contributed by atoms with Gasteiger partial charge in [-0.2, -0.15) is 0 Å². The Labute approximate surface area is 122 Å². The summed E-state index contributed by atoms with van der Waals surface area (Å²) in [5, 5.41) is 0. The highest BCUT2D eigenvalue weighted by Gasteiger charge is 1.96. The van der Waals surface area contributed by atoms with Gasteiger partial charge in [0.15, 0.2) is 0 Å². The third-order valence-electron chi connectivity index (χ3n) is 2.66. The summed E-state index contributed by atoms with van der Waals surface area (Å²) in [6, 6.07) is 8.32. The summed E-state index contributed by atoms with van der Waals surface area (Å²) in [5.74, 6) is 11.7. The van der Waals surface area contributed by atoms with Gasteiger partial charge in [0.1, 0.15) is 0 Å². The van der Waals surface area contributed by atoms with E-state index in [-0.39, 0.29) is 0 Å². The first kappa shape index (κ1) is 16.3. The molecule has 0 aliphatic carbocycles. The molecule has 0 saturated carbocycles. The van der Waals surface area contributed by atoms with Gasteiger partial charge in [-0.3, -0.25) is 0 Å². The Morgan fingerprint density at radius 2 is 1.15 bits per heavy atom. The van der Waals surface area contributed by atoms with Crippen LogP contribution < -0.4 is 0 Å². The molecule has 0 amide bonds. The van der Waals surface area contributed by atoms with Crippen molar-refractivity contribution in [2.45, 2.75) is 39.9 Å². The maximum atomic E-state index is 5.54. The molecule has 0 aliphatic heterocycles. The molecular weight excluding hydrogens is 248 g/mol. The fourth-order valence-corrected chi connectivity index (χ4v) is 1.61. The summed E-state index contributed by atoms with van der Waals surface area (Å²) in [6.07, 6.45) is 1.59. The molecule has 20 heavy (non-hydrogen) atoms. The molecular formula is C18H22O2. The summed E-state index contributed by atoms with van der Waals surface area (Å²) in [7, 11) is 0. The average molecular weight is 270 g/mol. The van der Waals surface area contributed by atoms with Gasteiger partial charge in [0, 0.05) is 12.8 Å². The van der Waals surface area contributed by atoms with Crippen LogP contribution in [0, 0.1) is 23.7 Å². The van der Waals surface area contributed by atoms with E-state index >= 15 is 0 Å². The van der Waals surface area contributed by atoms with E-state index in [4.69, 9.17) is 9.47 Å².